The summed E-state index contributed by atoms with van der Waals surface area (Å²) in [7, 11) is -3.64. The zero-order chi connectivity index (χ0) is 26.2. The standard InChI is InChI=1S/C31H29ClN2O3S/c32-26-10-8-25(9-11-26)31(15-3-16-31)30-29-21-27(12-6-23(29)14-17-33-30)37-19-18-34-38(35,36)28-13-7-22-4-1-2-5-24(22)20-28/h1-2,4-13,20-21,34H,3,14-19H2. The fourth-order valence-electron chi connectivity index (χ4n) is 5.59. The number of hydrogen-bond acceptors (Lipinski definition) is 4. The van der Waals surface area contributed by atoms with E-state index in [-0.39, 0.29) is 23.5 Å². The summed E-state index contributed by atoms with van der Waals surface area (Å²) in [6.45, 7) is 1.18. The fourth-order valence-corrected chi connectivity index (χ4v) is 6.76. The van der Waals surface area contributed by atoms with Gasteiger partial charge in [-0.25, -0.2) is 13.1 Å². The van der Waals surface area contributed by atoms with Crippen LogP contribution < -0.4 is 9.46 Å². The van der Waals surface area contributed by atoms with Gasteiger partial charge in [-0.1, -0.05) is 66.6 Å². The highest BCUT2D eigenvalue weighted by Gasteiger charge is 2.45. The van der Waals surface area contributed by atoms with Crippen molar-refractivity contribution >= 4 is 38.1 Å². The Morgan fingerprint density at radius 2 is 1.71 bits per heavy atom. The van der Waals surface area contributed by atoms with Gasteiger partial charge in [0, 0.05) is 29.1 Å². The Hall–Kier alpha value is -3.19. The molecule has 1 N–H and O–H groups in total. The Bertz CT molecular complexity index is 1630. The monoisotopic (exact) mass is 544 g/mol. The molecule has 5 nitrogen and oxygen atoms in total. The first-order valence-corrected chi connectivity index (χ1v) is 14.9. The van der Waals surface area contributed by atoms with E-state index < -0.39 is 10.0 Å². The molecule has 7 heteroatoms. The van der Waals surface area contributed by atoms with E-state index in [9.17, 15) is 8.42 Å². The molecule has 0 saturated heterocycles. The summed E-state index contributed by atoms with van der Waals surface area (Å²) in [5.74, 6) is 0.717. The zero-order valence-corrected chi connectivity index (χ0v) is 22.6. The van der Waals surface area contributed by atoms with Crippen molar-refractivity contribution in [3.05, 3.63) is 107 Å². The van der Waals surface area contributed by atoms with Gasteiger partial charge >= 0.3 is 0 Å². The highest BCUT2D eigenvalue weighted by molar-refractivity contribution is 7.89. The summed E-state index contributed by atoms with van der Waals surface area (Å²) in [6, 6.07) is 27.2. The number of sulfonamides is 1. The Labute approximate surface area is 228 Å². The lowest BCUT2D eigenvalue weighted by atomic mass is 9.59. The van der Waals surface area contributed by atoms with Crippen LogP contribution in [0.1, 0.15) is 36.0 Å². The molecule has 1 saturated carbocycles. The minimum Gasteiger partial charge on any atom is -0.492 e. The van der Waals surface area contributed by atoms with Crippen LogP contribution in [0.25, 0.3) is 10.8 Å². The normalized spacial score (nSPS) is 16.4. The van der Waals surface area contributed by atoms with Crippen LogP contribution in [0, 0.1) is 0 Å². The van der Waals surface area contributed by atoms with Crippen LogP contribution in [-0.2, 0) is 21.9 Å². The smallest absolute Gasteiger partial charge is 0.240 e. The summed E-state index contributed by atoms with van der Waals surface area (Å²) in [5.41, 5.74) is 4.72. The first-order chi connectivity index (χ1) is 18.4. The van der Waals surface area contributed by atoms with E-state index in [1.54, 1.807) is 12.1 Å². The third kappa shape index (κ3) is 4.73. The molecule has 2 aliphatic rings. The van der Waals surface area contributed by atoms with Crippen molar-refractivity contribution in [3.63, 3.8) is 0 Å². The van der Waals surface area contributed by atoms with E-state index in [0.717, 1.165) is 52.9 Å². The highest BCUT2D eigenvalue weighted by atomic mass is 35.5. The summed E-state index contributed by atoms with van der Waals surface area (Å²) >= 11 is 6.17. The van der Waals surface area contributed by atoms with Gasteiger partial charge in [-0.15, -0.1) is 0 Å². The molecule has 0 amide bonds. The molecule has 0 aromatic heterocycles. The number of nitrogens with zero attached hydrogens (tertiary/aromatic N) is 1. The van der Waals surface area contributed by atoms with Gasteiger partial charge in [-0.05, 0) is 77.6 Å². The van der Waals surface area contributed by atoms with Gasteiger partial charge in [0.25, 0.3) is 0 Å². The van der Waals surface area contributed by atoms with Crippen LogP contribution in [-0.4, -0.2) is 33.8 Å². The second-order valence-electron chi connectivity index (χ2n) is 10.00. The number of halogens is 1. The molecule has 4 aromatic carbocycles. The minimum absolute atomic E-state index is 0.0894. The van der Waals surface area contributed by atoms with Crippen molar-refractivity contribution in [2.45, 2.75) is 36.0 Å². The number of nitrogens with one attached hydrogen (secondary N) is 1. The summed E-state index contributed by atoms with van der Waals surface area (Å²) in [5, 5.41) is 2.63. The van der Waals surface area contributed by atoms with E-state index in [2.05, 4.69) is 29.0 Å². The van der Waals surface area contributed by atoms with Gasteiger partial charge in [-0.2, -0.15) is 0 Å². The topological polar surface area (TPSA) is 67.8 Å². The van der Waals surface area contributed by atoms with Crippen molar-refractivity contribution in [3.8, 4) is 5.75 Å². The lowest BCUT2D eigenvalue weighted by molar-refractivity contribution is 0.322. The van der Waals surface area contributed by atoms with Gasteiger partial charge in [0.15, 0.2) is 0 Å². The molecule has 4 aromatic rings. The molecule has 0 spiro atoms. The number of hydrogen-bond donors (Lipinski definition) is 1. The summed E-state index contributed by atoms with van der Waals surface area (Å²) < 4.78 is 34.3. The maximum Gasteiger partial charge on any atom is 0.240 e. The van der Waals surface area contributed by atoms with Crippen molar-refractivity contribution in [1.82, 2.24) is 4.72 Å². The molecule has 0 bridgehead atoms. The minimum atomic E-state index is -3.64. The quantitative estimate of drug-likeness (QED) is 0.264. The van der Waals surface area contributed by atoms with E-state index >= 15 is 0 Å². The van der Waals surface area contributed by atoms with Gasteiger partial charge < -0.3 is 4.74 Å². The van der Waals surface area contributed by atoms with Crippen LogP contribution in [0.4, 0.5) is 0 Å². The molecule has 1 aliphatic carbocycles. The third-order valence-corrected chi connectivity index (χ3v) is 9.45. The third-order valence-electron chi connectivity index (χ3n) is 7.74. The van der Waals surface area contributed by atoms with E-state index in [1.165, 1.54) is 17.5 Å². The Kier molecular flexibility index (Phi) is 6.72. The highest BCUT2D eigenvalue weighted by Crippen LogP contribution is 2.48. The average molecular weight is 545 g/mol. The zero-order valence-electron chi connectivity index (χ0n) is 21.0. The van der Waals surface area contributed by atoms with Crippen molar-refractivity contribution in [2.75, 3.05) is 19.7 Å². The van der Waals surface area contributed by atoms with Crippen molar-refractivity contribution in [1.29, 1.82) is 0 Å². The molecule has 0 atom stereocenters. The van der Waals surface area contributed by atoms with E-state index in [4.69, 9.17) is 21.3 Å². The Balaban J connectivity index is 1.15. The Morgan fingerprint density at radius 1 is 0.921 bits per heavy atom. The molecular formula is C31H29ClN2O3S. The summed E-state index contributed by atoms with van der Waals surface area (Å²) in [4.78, 5) is 5.27. The van der Waals surface area contributed by atoms with Crippen LogP contribution in [0.3, 0.4) is 0 Å². The van der Waals surface area contributed by atoms with Crippen LogP contribution in [0.5, 0.6) is 5.75 Å². The SMILES string of the molecule is O=S(=O)(NCCOc1ccc2c(c1)C(C1(c3ccc(Cl)cc3)CCC1)=NCC2)c1ccc2ccccc2c1. The van der Waals surface area contributed by atoms with Crippen LogP contribution in [0.15, 0.2) is 94.8 Å². The second kappa shape index (κ2) is 10.2. The molecule has 1 aliphatic heterocycles. The first-order valence-electron chi connectivity index (χ1n) is 13.0. The molecule has 0 radical (unpaired) electrons. The van der Waals surface area contributed by atoms with Gasteiger partial charge in [0.05, 0.1) is 10.6 Å². The van der Waals surface area contributed by atoms with Gasteiger partial charge in [0.2, 0.25) is 10.0 Å². The van der Waals surface area contributed by atoms with Gasteiger partial charge in [0.1, 0.15) is 12.4 Å². The molecule has 194 valence electrons. The predicted octanol–water partition coefficient (Wildman–Crippen LogP) is 6.32. The number of benzene rings is 4. The van der Waals surface area contributed by atoms with Crippen molar-refractivity contribution < 1.29 is 13.2 Å². The van der Waals surface area contributed by atoms with Crippen molar-refractivity contribution in [2.24, 2.45) is 4.99 Å². The maximum atomic E-state index is 12.8. The molecular weight excluding hydrogens is 516 g/mol. The van der Waals surface area contributed by atoms with Crippen LogP contribution >= 0.6 is 11.6 Å². The van der Waals surface area contributed by atoms with Crippen LogP contribution in [0.2, 0.25) is 5.02 Å². The number of ether oxygens (including phenoxy) is 1. The number of aliphatic imine (C=N–C) groups is 1. The average Bonchev–Trinajstić information content (AvgIpc) is 2.91. The largest absolute Gasteiger partial charge is 0.492 e. The second-order valence-corrected chi connectivity index (χ2v) is 12.2. The predicted molar refractivity (Wildman–Crippen MR) is 153 cm³/mol. The molecule has 1 fully saturated rings. The maximum absolute atomic E-state index is 12.8. The molecule has 6 rings (SSSR count). The lowest BCUT2D eigenvalue weighted by Gasteiger charge is -2.45. The Morgan fingerprint density at radius 3 is 2.47 bits per heavy atom. The molecule has 38 heavy (non-hydrogen) atoms. The number of fused-ring (bicyclic) bond motifs is 2. The first kappa shape index (κ1) is 25.1. The fraction of sp³-hybridized carbons (Fsp3) is 0.258. The van der Waals surface area contributed by atoms with E-state index in [1.807, 2.05) is 48.5 Å². The number of rotatable bonds is 8. The van der Waals surface area contributed by atoms with E-state index in [0.29, 0.717) is 5.75 Å². The lowest BCUT2D eigenvalue weighted by Crippen LogP contribution is -2.44. The molecule has 0 unspecified atom stereocenters. The van der Waals surface area contributed by atoms with Gasteiger partial charge in [-0.3, -0.25) is 4.99 Å². The summed E-state index contributed by atoms with van der Waals surface area (Å²) in [6.07, 6.45) is 4.20. The molecule has 1 heterocycles.